The van der Waals surface area contributed by atoms with Crippen molar-refractivity contribution in [2.45, 2.75) is 77.9 Å². The Balaban J connectivity index is 2.42. The normalized spacial score (nSPS) is 24.9. The maximum atomic E-state index is 3.72. The summed E-state index contributed by atoms with van der Waals surface area (Å²) in [5.74, 6) is 0.801. The van der Waals surface area contributed by atoms with Crippen molar-refractivity contribution in [2.75, 3.05) is 6.54 Å². The molecule has 16 heavy (non-hydrogen) atoms. The van der Waals surface area contributed by atoms with Gasteiger partial charge in [0.05, 0.1) is 0 Å². The Kier molecular flexibility index (Phi) is 4.42. The van der Waals surface area contributed by atoms with E-state index in [1.165, 1.54) is 19.3 Å². The van der Waals surface area contributed by atoms with E-state index in [9.17, 15) is 0 Å². The van der Waals surface area contributed by atoms with E-state index in [4.69, 9.17) is 0 Å². The van der Waals surface area contributed by atoms with E-state index in [1.807, 2.05) is 0 Å². The molecule has 0 atom stereocenters. The van der Waals surface area contributed by atoms with Crippen LogP contribution in [0, 0.1) is 5.92 Å². The highest BCUT2D eigenvalue weighted by Crippen LogP contribution is 2.28. The van der Waals surface area contributed by atoms with Crippen molar-refractivity contribution >= 4 is 0 Å². The number of hydrogen-bond acceptors (Lipinski definition) is 2. The second-order valence-electron chi connectivity index (χ2n) is 7.13. The van der Waals surface area contributed by atoms with Gasteiger partial charge in [-0.15, -0.1) is 0 Å². The molecule has 2 heteroatoms. The van der Waals surface area contributed by atoms with Gasteiger partial charge in [0.1, 0.15) is 0 Å². The molecule has 1 saturated heterocycles. The van der Waals surface area contributed by atoms with Crippen LogP contribution in [0.15, 0.2) is 0 Å². The molecule has 0 amide bonds. The van der Waals surface area contributed by atoms with Gasteiger partial charge in [0.2, 0.25) is 0 Å². The van der Waals surface area contributed by atoms with Gasteiger partial charge in [-0.1, -0.05) is 13.8 Å². The van der Waals surface area contributed by atoms with Crippen LogP contribution in [0.4, 0.5) is 0 Å². The lowest BCUT2D eigenvalue weighted by Gasteiger charge is -2.46. The first-order chi connectivity index (χ1) is 7.20. The smallest absolute Gasteiger partial charge is 0.0144 e. The lowest BCUT2D eigenvalue weighted by molar-refractivity contribution is 0.145. The Morgan fingerprint density at radius 3 is 2.06 bits per heavy atom. The zero-order valence-corrected chi connectivity index (χ0v) is 12.0. The first-order valence-corrected chi connectivity index (χ1v) is 6.73. The highest BCUT2D eigenvalue weighted by molar-refractivity contribution is 4.99. The summed E-state index contributed by atoms with van der Waals surface area (Å²) in [6, 6.07) is 0.671. The van der Waals surface area contributed by atoms with Crippen LogP contribution in [0.3, 0.4) is 0 Å². The van der Waals surface area contributed by atoms with Gasteiger partial charge in [0, 0.05) is 17.1 Å². The van der Waals surface area contributed by atoms with Crippen LogP contribution in [0.25, 0.3) is 0 Å². The Morgan fingerprint density at radius 2 is 1.62 bits per heavy atom. The van der Waals surface area contributed by atoms with Crippen molar-refractivity contribution in [1.29, 1.82) is 0 Å². The highest BCUT2D eigenvalue weighted by atomic mass is 15.1. The zero-order valence-electron chi connectivity index (χ0n) is 12.0. The number of piperidine rings is 1. The maximum absolute atomic E-state index is 3.72. The first-order valence-electron chi connectivity index (χ1n) is 6.73. The molecule has 0 unspecified atom stereocenters. The van der Waals surface area contributed by atoms with Crippen LogP contribution >= 0.6 is 0 Å². The Bertz CT molecular complexity index is 203. The van der Waals surface area contributed by atoms with Crippen LogP contribution < -0.4 is 10.6 Å². The molecule has 1 aliphatic heterocycles. The molecular formula is C14H30N2. The van der Waals surface area contributed by atoms with Crippen molar-refractivity contribution in [3.05, 3.63) is 0 Å². The fourth-order valence-corrected chi connectivity index (χ4v) is 3.04. The summed E-state index contributed by atoms with van der Waals surface area (Å²) in [5.41, 5.74) is 0.522. The molecule has 1 aliphatic rings. The minimum atomic E-state index is 0.261. The summed E-state index contributed by atoms with van der Waals surface area (Å²) in [6.45, 7) is 15.0. The van der Waals surface area contributed by atoms with Gasteiger partial charge in [-0.25, -0.2) is 0 Å². The average Bonchev–Trinajstić information content (AvgIpc) is 1.96. The highest BCUT2D eigenvalue weighted by Gasteiger charge is 2.37. The third-order valence-electron chi connectivity index (χ3n) is 3.34. The summed E-state index contributed by atoms with van der Waals surface area (Å²) in [7, 11) is 0. The average molecular weight is 226 g/mol. The predicted molar refractivity (Wildman–Crippen MR) is 71.8 cm³/mol. The van der Waals surface area contributed by atoms with E-state index < -0.39 is 0 Å². The molecule has 0 aromatic carbocycles. The standard InChI is InChI=1S/C14H30N2/c1-11(2)7-8-15-12-9-13(3,4)16-14(5,6)10-12/h11-12,15-16H,7-10H2,1-6H3. The van der Waals surface area contributed by atoms with Gasteiger partial charge in [0.15, 0.2) is 0 Å². The van der Waals surface area contributed by atoms with Gasteiger partial charge < -0.3 is 10.6 Å². The van der Waals surface area contributed by atoms with E-state index in [1.54, 1.807) is 0 Å². The molecule has 2 N–H and O–H groups in total. The van der Waals surface area contributed by atoms with Crippen LogP contribution in [0.1, 0.15) is 60.8 Å². The van der Waals surface area contributed by atoms with Gasteiger partial charge in [-0.05, 0) is 59.4 Å². The summed E-state index contributed by atoms with van der Waals surface area (Å²) >= 11 is 0. The predicted octanol–water partition coefficient (Wildman–Crippen LogP) is 2.93. The first kappa shape index (κ1) is 14.0. The van der Waals surface area contributed by atoms with Gasteiger partial charge in [-0.2, -0.15) is 0 Å². The second-order valence-corrected chi connectivity index (χ2v) is 7.13. The van der Waals surface area contributed by atoms with Crippen molar-refractivity contribution in [1.82, 2.24) is 10.6 Å². The largest absolute Gasteiger partial charge is 0.314 e. The fraction of sp³-hybridized carbons (Fsp3) is 1.00. The van der Waals surface area contributed by atoms with Gasteiger partial charge in [-0.3, -0.25) is 0 Å². The monoisotopic (exact) mass is 226 g/mol. The van der Waals surface area contributed by atoms with E-state index in [0.717, 1.165) is 12.5 Å². The molecule has 1 fully saturated rings. The lowest BCUT2D eigenvalue weighted by atomic mass is 9.79. The summed E-state index contributed by atoms with van der Waals surface area (Å²) in [6.07, 6.45) is 3.74. The second kappa shape index (κ2) is 5.05. The van der Waals surface area contributed by atoms with E-state index in [0.29, 0.717) is 6.04 Å². The molecule has 2 nitrogen and oxygen atoms in total. The number of nitrogens with one attached hydrogen (secondary N) is 2. The molecule has 0 saturated carbocycles. The Labute approximate surface area is 102 Å². The van der Waals surface area contributed by atoms with Crippen molar-refractivity contribution in [2.24, 2.45) is 5.92 Å². The zero-order chi connectivity index (χ0) is 12.4. The van der Waals surface area contributed by atoms with E-state index in [-0.39, 0.29) is 11.1 Å². The lowest BCUT2D eigenvalue weighted by Crippen LogP contribution is -2.61. The summed E-state index contributed by atoms with van der Waals surface area (Å²) in [4.78, 5) is 0. The SMILES string of the molecule is CC(C)CCNC1CC(C)(C)NC(C)(C)C1. The minimum Gasteiger partial charge on any atom is -0.314 e. The fourth-order valence-electron chi connectivity index (χ4n) is 3.04. The molecule has 1 heterocycles. The molecule has 96 valence electrons. The molecule has 0 spiro atoms. The third kappa shape index (κ3) is 4.84. The summed E-state index contributed by atoms with van der Waals surface area (Å²) in [5, 5.41) is 7.45. The van der Waals surface area contributed by atoms with E-state index >= 15 is 0 Å². The van der Waals surface area contributed by atoms with Crippen molar-refractivity contribution < 1.29 is 0 Å². The number of rotatable bonds is 4. The molecule has 1 rings (SSSR count). The van der Waals surface area contributed by atoms with Crippen molar-refractivity contribution in [3.63, 3.8) is 0 Å². The molecule has 0 bridgehead atoms. The van der Waals surface area contributed by atoms with Gasteiger partial charge in [0.25, 0.3) is 0 Å². The summed E-state index contributed by atoms with van der Waals surface area (Å²) < 4.78 is 0. The van der Waals surface area contributed by atoms with E-state index in [2.05, 4.69) is 52.2 Å². The number of hydrogen-bond donors (Lipinski definition) is 2. The van der Waals surface area contributed by atoms with Gasteiger partial charge >= 0.3 is 0 Å². The Hall–Kier alpha value is -0.0800. The molecule has 0 radical (unpaired) electrons. The van der Waals surface area contributed by atoms with Crippen LogP contribution in [0.5, 0.6) is 0 Å². The third-order valence-corrected chi connectivity index (χ3v) is 3.34. The topological polar surface area (TPSA) is 24.1 Å². The van der Waals surface area contributed by atoms with Crippen LogP contribution in [0.2, 0.25) is 0 Å². The maximum Gasteiger partial charge on any atom is 0.0144 e. The van der Waals surface area contributed by atoms with Crippen LogP contribution in [-0.4, -0.2) is 23.7 Å². The molecular weight excluding hydrogens is 196 g/mol. The molecule has 0 aromatic heterocycles. The molecule has 0 aromatic rings. The van der Waals surface area contributed by atoms with Crippen molar-refractivity contribution in [3.8, 4) is 0 Å². The Morgan fingerprint density at radius 1 is 1.12 bits per heavy atom. The van der Waals surface area contributed by atoms with Crippen LogP contribution in [-0.2, 0) is 0 Å². The quantitative estimate of drug-likeness (QED) is 0.770. The minimum absolute atomic E-state index is 0.261. The molecule has 0 aliphatic carbocycles.